The van der Waals surface area contributed by atoms with Crippen LogP contribution in [0, 0.1) is 10.1 Å². The Morgan fingerprint density at radius 1 is 1.56 bits per heavy atom. The number of likely N-dealkylation sites (N-methyl/N-ethyl adjacent to an activating group) is 1. The van der Waals surface area contributed by atoms with E-state index in [1.807, 2.05) is 14.1 Å². The van der Waals surface area contributed by atoms with Crippen molar-refractivity contribution < 1.29 is 4.92 Å². The quantitative estimate of drug-likeness (QED) is 0.628. The van der Waals surface area contributed by atoms with Crippen LogP contribution in [0.1, 0.15) is 6.42 Å². The first kappa shape index (κ1) is 12.6. The Labute approximate surface area is 105 Å². The number of hydrogen-bond acceptors (Lipinski definition) is 6. The summed E-state index contributed by atoms with van der Waals surface area (Å²) in [5, 5.41) is 10.7. The van der Waals surface area contributed by atoms with Gasteiger partial charge in [-0.15, -0.1) is 0 Å². The van der Waals surface area contributed by atoms with E-state index >= 15 is 0 Å². The molecule has 1 unspecified atom stereocenters. The number of nitrogens with zero attached hydrogens (tertiary/aromatic N) is 4. The third-order valence-corrected chi connectivity index (χ3v) is 3.30. The third-order valence-electron chi connectivity index (χ3n) is 3.30. The van der Waals surface area contributed by atoms with E-state index < -0.39 is 4.92 Å². The average Bonchev–Trinajstić information content (AvgIpc) is 2.77. The van der Waals surface area contributed by atoms with E-state index in [9.17, 15) is 10.1 Å². The van der Waals surface area contributed by atoms with Gasteiger partial charge in [0.25, 0.3) is 0 Å². The zero-order valence-corrected chi connectivity index (χ0v) is 10.5. The SMILES string of the molecule is CN(C)C1CCN(c2ccc([N+](=O)[O-])c(N)n2)C1. The minimum absolute atomic E-state index is 0.0224. The van der Waals surface area contributed by atoms with Crippen LogP contribution in [0.5, 0.6) is 0 Å². The summed E-state index contributed by atoms with van der Waals surface area (Å²) in [5.41, 5.74) is 5.46. The lowest BCUT2D eigenvalue weighted by molar-refractivity contribution is -0.384. The van der Waals surface area contributed by atoms with E-state index in [0.29, 0.717) is 11.9 Å². The van der Waals surface area contributed by atoms with Gasteiger partial charge in [-0.1, -0.05) is 0 Å². The van der Waals surface area contributed by atoms with Gasteiger partial charge in [0.15, 0.2) is 0 Å². The highest BCUT2D eigenvalue weighted by Crippen LogP contribution is 2.25. The molecule has 1 saturated heterocycles. The lowest BCUT2D eigenvalue weighted by Crippen LogP contribution is -2.31. The van der Waals surface area contributed by atoms with Crippen molar-refractivity contribution in [1.82, 2.24) is 9.88 Å². The summed E-state index contributed by atoms with van der Waals surface area (Å²) in [4.78, 5) is 18.5. The van der Waals surface area contributed by atoms with Gasteiger partial charge in [0.2, 0.25) is 5.82 Å². The van der Waals surface area contributed by atoms with E-state index in [4.69, 9.17) is 5.73 Å². The molecule has 0 aliphatic carbocycles. The second kappa shape index (κ2) is 4.77. The molecule has 2 N–H and O–H groups in total. The first-order valence-corrected chi connectivity index (χ1v) is 5.81. The summed E-state index contributed by atoms with van der Waals surface area (Å²) in [6.07, 6.45) is 1.06. The van der Waals surface area contributed by atoms with Gasteiger partial charge in [0.05, 0.1) is 4.92 Å². The first-order chi connectivity index (χ1) is 8.49. The van der Waals surface area contributed by atoms with Crippen LogP contribution in [0.25, 0.3) is 0 Å². The zero-order chi connectivity index (χ0) is 13.3. The van der Waals surface area contributed by atoms with Crippen LogP contribution in [0.4, 0.5) is 17.3 Å². The summed E-state index contributed by atoms with van der Waals surface area (Å²) < 4.78 is 0. The average molecular weight is 251 g/mol. The van der Waals surface area contributed by atoms with Crippen LogP contribution in [0.3, 0.4) is 0 Å². The topological polar surface area (TPSA) is 88.5 Å². The van der Waals surface area contributed by atoms with Gasteiger partial charge in [0, 0.05) is 25.2 Å². The molecular weight excluding hydrogens is 234 g/mol. The second-order valence-electron chi connectivity index (χ2n) is 4.68. The highest BCUT2D eigenvalue weighted by atomic mass is 16.6. The molecule has 1 aromatic rings. The Bertz CT molecular complexity index is 463. The van der Waals surface area contributed by atoms with E-state index in [-0.39, 0.29) is 11.5 Å². The predicted octanol–water partition coefficient (Wildman–Crippen LogP) is 0.712. The van der Waals surface area contributed by atoms with Gasteiger partial charge in [-0.2, -0.15) is 0 Å². The first-order valence-electron chi connectivity index (χ1n) is 5.81. The fourth-order valence-corrected chi connectivity index (χ4v) is 2.16. The maximum atomic E-state index is 10.7. The van der Waals surface area contributed by atoms with Gasteiger partial charge in [-0.05, 0) is 26.6 Å². The summed E-state index contributed by atoms with van der Waals surface area (Å²) >= 11 is 0. The molecule has 98 valence electrons. The number of nitrogen functional groups attached to an aromatic ring is 1. The maximum absolute atomic E-state index is 10.7. The molecule has 0 radical (unpaired) electrons. The number of anilines is 2. The molecule has 1 fully saturated rings. The third kappa shape index (κ3) is 2.35. The molecular formula is C11H17N5O2. The van der Waals surface area contributed by atoms with Crippen LogP contribution in [-0.2, 0) is 0 Å². The van der Waals surface area contributed by atoms with Gasteiger partial charge in [-0.25, -0.2) is 4.98 Å². The minimum Gasteiger partial charge on any atom is -0.378 e. The highest BCUT2D eigenvalue weighted by molar-refractivity contribution is 5.58. The summed E-state index contributed by atoms with van der Waals surface area (Å²) in [6, 6.07) is 3.57. The van der Waals surface area contributed by atoms with E-state index in [1.54, 1.807) is 6.07 Å². The van der Waals surface area contributed by atoms with Gasteiger partial charge < -0.3 is 15.5 Å². The van der Waals surface area contributed by atoms with Gasteiger partial charge in [0.1, 0.15) is 5.82 Å². The van der Waals surface area contributed by atoms with Crippen molar-refractivity contribution in [1.29, 1.82) is 0 Å². The summed E-state index contributed by atoms with van der Waals surface area (Å²) in [6.45, 7) is 1.77. The Morgan fingerprint density at radius 3 is 2.78 bits per heavy atom. The molecule has 0 aromatic carbocycles. The van der Waals surface area contributed by atoms with Crippen LogP contribution in [0.15, 0.2) is 12.1 Å². The van der Waals surface area contributed by atoms with Crippen LogP contribution in [0.2, 0.25) is 0 Å². The molecule has 2 heterocycles. The Morgan fingerprint density at radius 2 is 2.28 bits per heavy atom. The smallest absolute Gasteiger partial charge is 0.311 e. The summed E-state index contributed by atoms with van der Waals surface area (Å²) in [5.74, 6) is 0.688. The normalized spacial score (nSPS) is 19.5. The molecule has 18 heavy (non-hydrogen) atoms. The molecule has 7 nitrogen and oxygen atoms in total. The molecule has 0 spiro atoms. The molecule has 2 rings (SSSR count). The molecule has 0 amide bonds. The molecule has 1 aromatic heterocycles. The standard InChI is InChI=1S/C11H17N5O2/c1-14(2)8-5-6-15(7-8)10-4-3-9(16(17)18)11(12)13-10/h3-4,8H,5-7H2,1-2H3,(H2,12,13). The zero-order valence-electron chi connectivity index (χ0n) is 10.5. The molecule has 1 atom stereocenters. The van der Waals surface area contributed by atoms with Crippen molar-refractivity contribution in [2.45, 2.75) is 12.5 Å². The number of nitrogens with two attached hydrogens (primary N) is 1. The van der Waals surface area contributed by atoms with Crippen molar-refractivity contribution in [2.24, 2.45) is 0 Å². The van der Waals surface area contributed by atoms with Gasteiger partial charge >= 0.3 is 5.69 Å². The molecule has 1 aliphatic heterocycles. The van der Waals surface area contributed by atoms with Crippen LogP contribution < -0.4 is 10.6 Å². The Balaban J connectivity index is 2.16. The van der Waals surface area contributed by atoms with Crippen molar-refractivity contribution in [3.8, 4) is 0 Å². The van der Waals surface area contributed by atoms with Crippen molar-refractivity contribution >= 4 is 17.3 Å². The van der Waals surface area contributed by atoms with Crippen LogP contribution >= 0.6 is 0 Å². The van der Waals surface area contributed by atoms with Crippen molar-refractivity contribution in [3.63, 3.8) is 0 Å². The number of hydrogen-bond donors (Lipinski definition) is 1. The molecule has 0 bridgehead atoms. The lowest BCUT2D eigenvalue weighted by Gasteiger charge is -2.21. The monoisotopic (exact) mass is 251 g/mol. The maximum Gasteiger partial charge on any atom is 0.311 e. The Hall–Kier alpha value is -1.89. The number of rotatable bonds is 3. The molecule has 7 heteroatoms. The highest BCUT2D eigenvalue weighted by Gasteiger charge is 2.25. The van der Waals surface area contributed by atoms with E-state index in [0.717, 1.165) is 19.5 Å². The number of aromatic nitrogens is 1. The van der Waals surface area contributed by atoms with Gasteiger partial charge in [-0.3, -0.25) is 10.1 Å². The van der Waals surface area contributed by atoms with E-state index in [1.165, 1.54) is 6.07 Å². The number of nitro groups is 1. The fourth-order valence-electron chi connectivity index (χ4n) is 2.16. The lowest BCUT2D eigenvalue weighted by atomic mass is 10.2. The number of pyridine rings is 1. The largest absolute Gasteiger partial charge is 0.378 e. The van der Waals surface area contributed by atoms with E-state index in [2.05, 4.69) is 14.8 Å². The fraction of sp³-hybridized carbons (Fsp3) is 0.545. The second-order valence-corrected chi connectivity index (χ2v) is 4.68. The molecule has 1 aliphatic rings. The minimum atomic E-state index is -0.515. The molecule has 0 saturated carbocycles. The summed E-state index contributed by atoms with van der Waals surface area (Å²) in [7, 11) is 4.09. The van der Waals surface area contributed by atoms with Crippen molar-refractivity contribution in [3.05, 3.63) is 22.2 Å². The predicted molar refractivity (Wildman–Crippen MR) is 69.6 cm³/mol. The van der Waals surface area contributed by atoms with Crippen LogP contribution in [-0.4, -0.2) is 48.0 Å². The van der Waals surface area contributed by atoms with Crippen molar-refractivity contribution in [2.75, 3.05) is 37.8 Å². The Kier molecular flexibility index (Phi) is 3.33.